The van der Waals surface area contributed by atoms with E-state index in [1.54, 1.807) is 6.20 Å². The lowest BCUT2D eigenvalue weighted by Crippen LogP contribution is -2.54. The predicted molar refractivity (Wildman–Crippen MR) is 108 cm³/mol. The van der Waals surface area contributed by atoms with Crippen LogP contribution in [0, 0.1) is 11.7 Å². The normalized spacial score (nSPS) is 21.3. The number of carbonyl (C=O) groups is 1. The number of amides is 1. The van der Waals surface area contributed by atoms with Gasteiger partial charge in [-0.3, -0.25) is 9.69 Å². The van der Waals surface area contributed by atoms with Gasteiger partial charge in [-0.05, 0) is 36.5 Å². The molecule has 0 radical (unpaired) electrons. The molecule has 1 N–H and O–H groups in total. The molecule has 2 aromatic rings. The summed E-state index contributed by atoms with van der Waals surface area (Å²) in [5.41, 5.74) is 0.570. The zero-order chi connectivity index (χ0) is 20.4. The number of piperidine rings is 1. The maximum Gasteiger partial charge on any atom is 0.251 e. The second kappa shape index (κ2) is 8.24. The van der Waals surface area contributed by atoms with Crippen LogP contribution in [0.3, 0.4) is 0 Å². The highest BCUT2D eigenvalue weighted by Gasteiger charge is 2.47. The molecule has 1 unspecified atom stereocenters. The molecule has 0 bridgehead atoms. The van der Waals surface area contributed by atoms with Crippen molar-refractivity contribution in [2.45, 2.75) is 51.5 Å². The molecule has 7 heteroatoms. The van der Waals surface area contributed by atoms with Crippen LogP contribution < -0.4 is 5.32 Å². The van der Waals surface area contributed by atoms with Gasteiger partial charge in [0.2, 0.25) is 0 Å². The second-order valence-corrected chi connectivity index (χ2v) is 8.55. The predicted octanol–water partition coefficient (Wildman–Crippen LogP) is 2.68. The van der Waals surface area contributed by atoms with Crippen molar-refractivity contribution >= 4 is 5.91 Å². The van der Waals surface area contributed by atoms with Gasteiger partial charge in [-0.2, -0.15) is 0 Å². The molecule has 1 atom stereocenters. The number of ether oxygens (including phenoxy) is 1. The minimum atomic E-state index is -0.527. The van der Waals surface area contributed by atoms with E-state index in [1.807, 2.05) is 18.3 Å². The van der Waals surface area contributed by atoms with E-state index < -0.39 is 11.7 Å². The second-order valence-electron chi connectivity index (χ2n) is 8.55. The number of carbonyl (C=O) groups excluding carboxylic acids is 1. The Morgan fingerprint density at radius 3 is 2.72 bits per heavy atom. The van der Waals surface area contributed by atoms with Crippen LogP contribution in [0.25, 0.3) is 0 Å². The maximum atomic E-state index is 13.1. The molecule has 3 heterocycles. The van der Waals surface area contributed by atoms with Gasteiger partial charge in [0, 0.05) is 38.6 Å². The number of halogens is 1. The molecule has 1 spiro atoms. The summed E-state index contributed by atoms with van der Waals surface area (Å²) in [4.78, 5) is 19.6. The van der Waals surface area contributed by atoms with Crippen LogP contribution in [0.2, 0.25) is 0 Å². The highest BCUT2D eigenvalue weighted by atomic mass is 19.1. The summed E-state index contributed by atoms with van der Waals surface area (Å²) in [5.74, 6) is 1.06. The van der Waals surface area contributed by atoms with Crippen molar-refractivity contribution in [2.24, 2.45) is 5.92 Å². The summed E-state index contributed by atoms with van der Waals surface area (Å²) < 4.78 is 21.6. The molecule has 0 saturated carbocycles. The van der Waals surface area contributed by atoms with Crippen LogP contribution >= 0.6 is 0 Å². The zero-order valence-corrected chi connectivity index (χ0v) is 17.1. The minimum absolute atomic E-state index is 0.0498. The van der Waals surface area contributed by atoms with Crippen molar-refractivity contribution < 1.29 is 13.9 Å². The van der Waals surface area contributed by atoms with Gasteiger partial charge >= 0.3 is 0 Å². The molecule has 156 valence electrons. The van der Waals surface area contributed by atoms with Gasteiger partial charge in [-0.25, -0.2) is 9.37 Å². The van der Waals surface area contributed by atoms with Crippen LogP contribution in [0.15, 0.2) is 36.7 Å². The monoisotopic (exact) mass is 400 g/mol. The van der Waals surface area contributed by atoms with Crippen LogP contribution in [-0.4, -0.2) is 46.1 Å². The lowest BCUT2D eigenvalue weighted by atomic mass is 9.88. The fourth-order valence-corrected chi connectivity index (χ4v) is 4.21. The van der Waals surface area contributed by atoms with Gasteiger partial charge < -0.3 is 14.6 Å². The summed E-state index contributed by atoms with van der Waals surface area (Å²) in [6.45, 7) is 7.76. The fraction of sp³-hybridized carbons (Fsp3) is 0.545. The lowest BCUT2D eigenvalue weighted by molar-refractivity contribution is -0.174. The molecule has 29 heavy (non-hydrogen) atoms. The summed E-state index contributed by atoms with van der Waals surface area (Å²) in [5, 5.41) is 3.00. The van der Waals surface area contributed by atoms with Crippen molar-refractivity contribution in [1.82, 2.24) is 19.8 Å². The van der Waals surface area contributed by atoms with Gasteiger partial charge in [0.25, 0.3) is 5.91 Å². The van der Waals surface area contributed by atoms with Crippen LogP contribution in [-0.2, 0) is 28.2 Å². The van der Waals surface area contributed by atoms with Crippen LogP contribution in [0.4, 0.5) is 4.39 Å². The number of benzene rings is 1. The van der Waals surface area contributed by atoms with E-state index in [-0.39, 0.29) is 11.7 Å². The van der Waals surface area contributed by atoms with Gasteiger partial charge in [0.05, 0.1) is 6.54 Å². The van der Waals surface area contributed by atoms with E-state index in [1.165, 1.54) is 12.1 Å². The molecular formula is C22H29FN4O2. The number of likely N-dealkylation sites (tertiary alicyclic amines) is 1. The van der Waals surface area contributed by atoms with Crippen molar-refractivity contribution in [3.63, 3.8) is 0 Å². The third-order valence-corrected chi connectivity index (χ3v) is 5.81. The maximum absolute atomic E-state index is 13.1. The first-order valence-corrected chi connectivity index (χ1v) is 10.4. The molecule has 2 aliphatic heterocycles. The number of nitrogens with zero attached hydrogens (tertiary/aromatic N) is 3. The van der Waals surface area contributed by atoms with Gasteiger partial charge in [0.15, 0.2) is 6.10 Å². The minimum Gasteiger partial charge on any atom is -0.354 e. The number of hydrogen-bond acceptors (Lipinski definition) is 4. The van der Waals surface area contributed by atoms with Crippen molar-refractivity contribution in [2.75, 3.05) is 19.6 Å². The first-order chi connectivity index (χ1) is 13.9. The fourth-order valence-electron chi connectivity index (χ4n) is 4.21. The molecule has 1 amide bonds. The van der Waals surface area contributed by atoms with Crippen molar-refractivity contribution in [3.05, 3.63) is 53.9 Å². The van der Waals surface area contributed by atoms with Crippen molar-refractivity contribution in [3.8, 4) is 0 Å². The third-order valence-electron chi connectivity index (χ3n) is 5.81. The standard InChI is InChI=1S/C22H29FN4O2/c1-16(2)13-25-20(28)19-15-27-12-9-24-21(27)22(29-19)7-10-26(11-8-22)14-17-3-5-18(23)6-4-17/h3-6,9,12,16,19H,7-8,10-11,13-15H2,1-2H3,(H,25,28). The quantitative estimate of drug-likeness (QED) is 0.838. The Bertz CT molecular complexity index is 841. The van der Waals surface area contributed by atoms with Crippen LogP contribution in [0.5, 0.6) is 0 Å². The smallest absolute Gasteiger partial charge is 0.251 e. The summed E-state index contributed by atoms with van der Waals surface area (Å²) in [7, 11) is 0. The Morgan fingerprint density at radius 1 is 1.31 bits per heavy atom. The molecule has 1 aromatic carbocycles. The van der Waals surface area contributed by atoms with Crippen molar-refractivity contribution in [1.29, 1.82) is 0 Å². The average molecular weight is 400 g/mol. The molecular weight excluding hydrogens is 371 g/mol. The van der Waals surface area contributed by atoms with Crippen LogP contribution in [0.1, 0.15) is 38.1 Å². The van der Waals surface area contributed by atoms with E-state index in [2.05, 4.69) is 33.6 Å². The number of nitrogens with one attached hydrogen (secondary N) is 1. The molecule has 1 aromatic heterocycles. The highest BCUT2D eigenvalue weighted by Crippen LogP contribution is 2.40. The third kappa shape index (κ3) is 4.36. The molecule has 1 saturated heterocycles. The number of imidazole rings is 1. The molecule has 6 nitrogen and oxygen atoms in total. The SMILES string of the molecule is CC(C)CNC(=O)C1Cn2ccnc2C2(CCN(Cc3ccc(F)cc3)CC2)O1. The Labute approximate surface area is 171 Å². The molecule has 1 fully saturated rings. The summed E-state index contributed by atoms with van der Waals surface area (Å²) >= 11 is 0. The average Bonchev–Trinajstić information content (AvgIpc) is 3.19. The van der Waals surface area contributed by atoms with Gasteiger partial charge in [-0.15, -0.1) is 0 Å². The van der Waals surface area contributed by atoms with Gasteiger partial charge in [-0.1, -0.05) is 26.0 Å². The van der Waals surface area contributed by atoms with E-state index in [4.69, 9.17) is 4.74 Å². The Balaban J connectivity index is 1.44. The number of fused-ring (bicyclic) bond motifs is 2. The number of rotatable bonds is 5. The Morgan fingerprint density at radius 2 is 2.03 bits per heavy atom. The largest absolute Gasteiger partial charge is 0.354 e. The molecule has 2 aliphatic rings. The Hall–Kier alpha value is -2.25. The van der Waals surface area contributed by atoms with E-state index >= 15 is 0 Å². The zero-order valence-electron chi connectivity index (χ0n) is 17.1. The number of hydrogen-bond donors (Lipinski definition) is 1. The Kier molecular flexibility index (Phi) is 5.69. The molecule has 0 aliphatic carbocycles. The van der Waals surface area contributed by atoms with Gasteiger partial charge in [0.1, 0.15) is 17.2 Å². The number of aromatic nitrogens is 2. The first kappa shape index (κ1) is 20.0. The highest BCUT2D eigenvalue weighted by molar-refractivity contribution is 5.80. The molecule has 4 rings (SSSR count). The van der Waals surface area contributed by atoms with E-state index in [0.29, 0.717) is 19.0 Å². The lowest BCUT2D eigenvalue weighted by Gasteiger charge is -2.45. The summed E-state index contributed by atoms with van der Waals surface area (Å²) in [6.07, 6.45) is 4.78. The van der Waals surface area contributed by atoms with E-state index in [9.17, 15) is 9.18 Å². The first-order valence-electron chi connectivity index (χ1n) is 10.4. The van der Waals surface area contributed by atoms with E-state index in [0.717, 1.165) is 43.9 Å². The topological polar surface area (TPSA) is 59.4 Å². The summed E-state index contributed by atoms with van der Waals surface area (Å²) in [6, 6.07) is 6.67.